The predicted molar refractivity (Wildman–Crippen MR) is 71.5 cm³/mol. The predicted octanol–water partition coefficient (Wildman–Crippen LogP) is 2.67. The summed E-state index contributed by atoms with van der Waals surface area (Å²) in [4.78, 5) is 2.46. The van der Waals surface area contributed by atoms with E-state index in [1.165, 1.54) is 6.42 Å². The molecule has 0 saturated carbocycles. The highest BCUT2D eigenvalue weighted by molar-refractivity contribution is 5.42. The molecular weight excluding hydrogens is 224 g/mol. The van der Waals surface area contributed by atoms with Gasteiger partial charge < -0.3 is 4.74 Å². The molecule has 0 aromatic heterocycles. The third-order valence-electron chi connectivity index (χ3n) is 3.56. The van der Waals surface area contributed by atoms with Gasteiger partial charge in [0, 0.05) is 19.1 Å². The highest BCUT2D eigenvalue weighted by Crippen LogP contribution is 2.22. The van der Waals surface area contributed by atoms with Crippen molar-refractivity contribution in [3.8, 4) is 11.8 Å². The Morgan fingerprint density at radius 2 is 2.17 bits per heavy atom. The summed E-state index contributed by atoms with van der Waals surface area (Å²) in [6.45, 7) is 7.31. The third kappa shape index (κ3) is 3.02. The SMILES string of the molecule is CC1CC(C)N(CCOc2ccccc2C#N)C1. The van der Waals surface area contributed by atoms with Gasteiger partial charge in [-0.25, -0.2) is 0 Å². The van der Waals surface area contributed by atoms with Gasteiger partial charge in [-0.3, -0.25) is 4.90 Å². The van der Waals surface area contributed by atoms with Crippen molar-refractivity contribution in [3.63, 3.8) is 0 Å². The first-order valence-corrected chi connectivity index (χ1v) is 6.56. The van der Waals surface area contributed by atoms with E-state index in [9.17, 15) is 0 Å². The molecule has 1 aliphatic rings. The maximum absolute atomic E-state index is 8.97. The standard InChI is InChI=1S/C15H20N2O/c1-12-9-13(2)17(11-12)7-8-18-15-6-4-3-5-14(15)10-16/h3-6,12-13H,7-9,11H2,1-2H3. The van der Waals surface area contributed by atoms with E-state index in [0.29, 0.717) is 24.0 Å². The van der Waals surface area contributed by atoms with Crippen LogP contribution in [0.3, 0.4) is 0 Å². The number of likely N-dealkylation sites (tertiary alicyclic amines) is 1. The average molecular weight is 244 g/mol. The Bertz CT molecular complexity index is 438. The van der Waals surface area contributed by atoms with Gasteiger partial charge in [-0.1, -0.05) is 19.1 Å². The van der Waals surface area contributed by atoms with Crippen molar-refractivity contribution in [2.45, 2.75) is 26.3 Å². The fourth-order valence-corrected chi connectivity index (χ4v) is 2.66. The van der Waals surface area contributed by atoms with Crippen LogP contribution in [0.1, 0.15) is 25.8 Å². The van der Waals surface area contributed by atoms with Crippen LogP contribution < -0.4 is 4.74 Å². The lowest BCUT2D eigenvalue weighted by atomic mass is 10.1. The van der Waals surface area contributed by atoms with Gasteiger partial charge in [0.2, 0.25) is 0 Å². The van der Waals surface area contributed by atoms with Gasteiger partial charge in [0.1, 0.15) is 18.4 Å². The fraction of sp³-hybridized carbons (Fsp3) is 0.533. The van der Waals surface area contributed by atoms with Crippen molar-refractivity contribution in [1.29, 1.82) is 5.26 Å². The highest BCUT2D eigenvalue weighted by Gasteiger charge is 2.25. The Balaban J connectivity index is 1.84. The van der Waals surface area contributed by atoms with Crippen molar-refractivity contribution in [3.05, 3.63) is 29.8 Å². The van der Waals surface area contributed by atoms with E-state index >= 15 is 0 Å². The van der Waals surface area contributed by atoms with E-state index in [4.69, 9.17) is 10.00 Å². The maximum atomic E-state index is 8.97. The molecule has 3 nitrogen and oxygen atoms in total. The fourth-order valence-electron chi connectivity index (χ4n) is 2.66. The lowest BCUT2D eigenvalue weighted by Gasteiger charge is -2.21. The van der Waals surface area contributed by atoms with Gasteiger partial charge in [0.25, 0.3) is 0 Å². The summed E-state index contributed by atoms with van der Waals surface area (Å²) in [6.07, 6.45) is 1.27. The zero-order valence-corrected chi connectivity index (χ0v) is 11.1. The van der Waals surface area contributed by atoms with E-state index in [1.54, 1.807) is 6.07 Å². The van der Waals surface area contributed by atoms with E-state index in [-0.39, 0.29) is 0 Å². The Labute approximate surface area is 109 Å². The molecule has 1 aromatic rings. The lowest BCUT2D eigenvalue weighted by Crippen LogP contribution is -2.31. The molecule has 2 rings (SSSR count). The number of nitriles is 1. The van der Waals surface area contributed by atoms with Crippen molar-refractivity contribution >= 4 is 0 Å². The Hall–Kier alpha value is -1.53. The summed E-state index contributed by atoms with van der Waals surface area (Å²) < 4.78 is 5.71. The second-order valence-corrected chi connectivity index (χ2v) is 5.14. The molecule has 96 valence electrons. The number of hydrogen-bond donors (Lipinski definition) is 0. The van der Waals surface area contributed by atoms with Crippen LogP contribution in [0.25, 0.3) is 0 Å². The first-order chi connectivity index (χ1) is 8.70. The van der Waals surface area contributed by atoms with E-state index < -0.39 is 0 Å². The number of para-hydroxylation sites is 1. The summed E-state index contributed by atoms with van der Waals surface area (Å²) in [6, 6.07) is 10.2. The van der Waals surface area contributed by atoms with Crippen LogP contribution in [0, 0.1) is 17.2 Å². The molecular formula is C15H20N2O. The van der Waals surface area contributed by atoms with Crippen LogP contribution in [0.5, 0.6) is 5.75 Å². The summed E-state index contributed by atoms with van der Waals surface area (Å²) in [5.74, 6) is 1.48. The quantitative estimate of drug-likeness (QED) is 0.817. The van der Waals surface area contributed by atoms with Crippen molar-refractivity contribution in [2.24, 2.45) is 5.92 Å². The molecule has 1 saturated heterocycles. The molecule has 0 spiro atoms. The molecule has 2 unspecified atom stereocenters. The number of rotatable bonds is 4. The minimum Gasteiger partial charge on any atom is -0.491 e. The summed E-state index contributed by atoms with van der Waals surface area (Å²) in [7, 11) is 0. The van der Waals surface area contributed by atoms with Gasteiger partial charge in [0.05, 0.1) is 5.56 Å². The first-order valence-electron chi connectivity index (χ1n) is 6.56. The van der Waals surface area contributed by atoms with Crippen molar-refractivity contribution < 1.29 is 4.74 Å². The van der Waals surface area contributed by atoms with Crippen LogP contribution in [0.15, 0.2) is 24.3 Å². The largest absolute Gasteiger partial charge is 0.491 e. The minimum absolute atomic E-state index is 0.611. The van der Waals surface area contributed by atoms with Gasteiger partial charge in [-0.15, -0.1) is 0 Å². The van der Waals surface area contributed by atoms with E-state index in [2.05, 4.69) is 24.8 Å². The molecule has 2 atom stereocenters. The lowest BCUT2D eigenvalue weighted by molar-refractivity contribution is 0.202. The molecule has 1 heterocycles. The first kappa shape index (κ1) is 12.9. The molecule has 0 radical (unpaired) electrons. The Morgan fingerprint density at radius 1 is 1.39 bits per heavy atom. The maximum Gasteiger partial charge on any atom is 0.137 e. The monoisotopic (exact) mass is 244 g/mol. The normalized spacial score (nSPS) is 23.8. The van der Waals surface area contributed by atoms with Crippen LogP contribution in [0.2, 0.25) is 0 Å². The minimum atomic E-state index is 0.611. The topological polar surface area (TPSA) is 36.3 Å². The molecule has 0 bridgehead atoms. The molecule has 1 aliphatic heterocycles. The highest BCUT2D eigenvalue weighted by atomic mass is 16.5. The molecule has 1 fully saturated rings. The van der Waals surface area contributed by atoms with Crippen LogP contribution in [-0.2, 0) is 0 Å². The second kappa shape index (κ2) is 5.88. The number of benzene rings is 1. The van der Waals surface area contributed by atoms with Gasteiger partial charge in [0.15, 0.2) is 0 Å². The van der Waals surface area contributed by atoms with E-state index in [0.717, 1.165) is 19.0 Å². The number of nitrogens with zero attached hydrogens (tertiary/aromatic N) is 2. The summed E-state index contributed by atoms with van der Waals surface area (Å²) in [5.41, 5.74) is 0.611. The van der Waals surface area contributed by atoms with E-state index in [1.807, 2.05) is 18.2 Å². The summed E-state index contributed by atoms with van der Waals surface area (Å²) in [5, 5.41) is 8.97. The molecule has 3 heteroatoms. The third-order valence-corrected chi connectivity index (χ3v) is 3.56. The van der Waals surface area contributed by atoms with Crippen molar-refractivity contribution in [1.82, 2.24) is 4.90 Å². The smallest absolute Gasteiger partial charge is 0.137 e. The zero-order valence-electron chi connectivity index (χ0n) is 11.1. The Morgan fingerprint density at radius 3 is 2.83 bits per heavy atom. The van der Waals surface area contributed by atoms with Crippen LogP contribution in [0.4, 0.5) is 0 Å². The van der Waals surface area contributed by atoms with Crippen LogP contribution in [-0.4, -0.2) is 30.6 Å². The van der Waals surface area contributed by atoms with Crippen LogP contribution >= 0.6 is 0 Å². The molecule has 0 N–H and O–H groups in total. The summed E-state index contributed by atoms with van der Waals surface area (Å²) >= 11 is 0. The molecule has 18 heavy (non-hydrogen) atoms. The van der Waals surface area contributed by atoms with Gasteiger partial charge in [-0.2, -0.15) is 5.26 Å². The zero-order chi connectivity index (χ0) is 13.0. The molecule has 1 aromatic carbocycles. The molecule has 0 aliphatic carbocycles. The van der Waals surface area contributed by atoms with Gasteiger partial charge >= 0.3 is 0 Å². The van der Waals surface area contributed by atoms with Crippen molar-refractivity contribution in [2.75, 3.05) is 19.7 Å². The number of hydrogen-bond acceptors (Lipinski definition) is 3. The Kier molecular flexibility index (Phi) is 4.22. The molecule has 0 amide bonds. The second-order valence-electron chi connectivity index (χ2n) is 5.14. The average Bonchev–Trinajstić information content (AvgIpc) is 2.68. The number of ether oxygens (including phenoxy) is 1. The van der Waals surface area contributed by atoms with Gasteiger partial charge in [-0.05, 0) is 31.4 Å².